The fourth-order valence-electron chi connectivity index (χ4n) is 2.63. The molecular formula is C18H14N4O3S. The number of ether oxygens (including phenoxy) is 1. The molecule has 0 amide bonds. The summed E-state index contributed by atoms with van der Waals surface area (Å²) < 4.78 is 6.51. The van der Waals surface area contributed by atoms with Gasteiger partial charge in [-0.2, -0.15) is 10.2 Å². The van der Waals surface area contributed by atoms with Crippen LogP contribution in [0.1, 0.15) is 22.1 Å². The Labute approximate surface area is 153 Å². The maximum atomic E-state index is 12.6. The number of aromatic nitrogens is 2. The van der Waals surface area contributed by atoms with Gasteiger partial charge in [0.25, 0.3) is 5.91 Å². The Morgan fingerprint density at radius 1 is 1.23 bits per heavy atom. The molecule has 0 aliphatic carbocycles. The number of nitrogens with zero attached hydrogens (tertiary/aromatic N) is 4. The second-order valence-corrected chi connectivity index (χ2v) is 6.56. The Balaban J connectivity index is 1.51. The van der Waals surface area contributed by atoms with E-state index in [0.29, 0.717) is 23.0 Å². The van der Waals surface area contributed by atoms with Crippen LogP contribution in [0.4, 0.5) is 5.69 Å². The van der Waals surface area contributed by atoms with Crippen LogP contribution < -0.4 is 0 Å². The van der Waals surface area contributed by atoms with E-state index < -0.39 is 5.37 Å². The van der Waals surface area contributed by atoms with Crippen LogP contribution in [0.5, 0.6) is 0 Å². The van der Waals surface area contributed by atoms with Crippen LogP contribution >= 0.6 is 11.8 Å². The van der Waals surface area contributed by atoms with Gasteiger partial charge in [-0.05, 0) is 55.1 Å². The summed E-state index contributed by atoms with van der Waals surface area (Å²) in [5.74, 6) is -0.541. The highest BCUT2D eigenvalue weighted by Gasteiger charge is 2.34. The minimum Gasteiger partial charge on any atom is -0.462 e. The number of carbonyl (C=O) groups is 2. The first-order valence-corrected chi connectivity index (χ1v) is 8.91. The van der Waals surface area contributed by atoms with E-state index in [9.17, 15) is 9.59 Å². The number of thioether (sulfide) groups is 1. The Morgan fingerprint density at radius 2 is 2.00 bits per heavy atom. The van der Waals surface area contributed by atoms with Crippen molar-refractivity contribution in [1.29, 1.82) is 0 Å². The summed E-state index contributed by atoms with van der Waals surface area (Å²) in [6, 6.07) is 14.0. The van der Waals surface area contributed by atoms with Gasteiger partial charge in [0.1, 0.15) is 0 Å². The number of esters is 1. The van der Waals surface area contributed by atoms with Gasteiger partial charge in [0.05, 0.1) is 28.9 Å². The molecule has 1 aliphatic heterocycles. The van der Waals surface area contributed by atoms with E-state index in [1.165, 1.54) is 11.8 Å². The fourth-order valence-corrected chi connectivity index (χ4v) is 3.57. The lowest BCUT2D eigenvalue weighted by atomic mass is 10.2. The lowest BCUT2D eigenvalue weighted by Gasteiger charge is -2.02. The Hall–Kier alpha value is -3.00. The number of rotatable bonds is 4. The molecule has 1 atom stereocenters. The van der Waals surface area contributed by atoms with E-state index in [4.69, 9.17) is 4.74 Å². The summed E-state index contributed by atoms with van der Waals surface area (Å²) in [4.78, 5) is 28.7. The topological polar surface area (TPSA) is 85.9 Å². The number of para-hydroxylation sites is 2. The lowest BCUT2D eigenvalue weighted by Crippen LogP contribution is -2.14. The van der Waals surface area contributed by atoms with Gasteiger partial charge in [0.15, 0.2) is 5.16 Å². The van der Waals surface area contributed by atoms with Gasteiger partial charge >= 0.3 is 5.97 Å². The third-order valence-electron chi connectivity index (χ3n) is 3.84. The van der Waals surface area contributed by atoms with E-state index in [1.807, 2.05) is 24.3 Å². The summed E-state index contributed by atoms with van der Waals surface area (Å²) in [5.41, 5.74) is 2.56. The second kappa shape index (κ2) is 6.72. The van der Waals surface area contributed by atoms with Crippen molar-refractivity contribution in [3.63, 3.8) is 0 Å². The van der Waals surface area contributed by atoms with Crippen molar-refractivity contribution < 1.29 is 14.3 Å². The van der Waals surface area contributed by atoms with Crippen LogP contribution in [0.2, 0.25) is 0 Å². The van der Waals surface area contributed by atoms with Gasteiger partial charge in [-0.1, -0.05) is 12.1 Å². The molecule has 8 heteroatoms. The minimum atomic E-state index is -0.660. The molecule has 0 fully saturated rings. The Kier molecular flexibility index (Phi) is 4.26. The molecule has 0 N–H and O–H groups in total. The molecule has 2 heterocycles. The number of imidazole rings is 1. The number of hydrogen-bond acceptors (Lipinski definition) is 7. The van der Waals surface area contributed by atoms with Crippen molar-refractivity contribution >= 4 is 40.4 Å². The van der Waals surface area contributed by atoms with Gasteiger partial charge in [-0.15, -0.1) is 0 Å². The minimum absolute atomic E-state index is 0.161. The monoisotopic (exact) mass is 366 g/mol. The van der Waals surface area contributed by atoms with Crippen molar-refractivity contribution in [2.45, 2.75) is 17.5 Å². The van der Waals surface area contributed by atoms with Crippen molar-refractivity contribution in [2.24, 2.45) is 10.2 Å². The van der Waals surface area contributed by atoms with Crippen LogP contribution in [0.25, 0.3) is 11.0 Å². The zero-order valence-electron chi connectivity index (χ0n) is 13.8. The number of carbonyl (C=O) groups excluding carboxylic acids is 2. The molecule has 26 heavy (non-hydrogen) atoms. The normalized spacial score (nSPS) is 16.3. The van der Waals surface area contributed by atoms with Gasteiger partial charge in [-0.3, -0.25) is 9.36 Å². The van der Waals surface area contributed by atoms with E-state index >= 15 is 0 Å². The summed E-state index contributed by atoms with van der Waals surface area (Å²) in [6.07, 6.45) is 0. The molecule has 1 aromatic heterocycles. The first kappa shape index (κ1) is 16.5. The summed E-state index contributed by atoms with van der Waals surface area (Å²) >= 11 is 1.27. The third kappa shape index (κ3) is 2.88. The average molecular weight is 366 g/mol. The first-order valence-electron chi connectivity index (χ1n) is 8.04. The van der Waals surface area contributed by atoms with Crippen molar-refractivity contribution in [1.82, 2.24) is 9.55 Å². The maximum Gasteiger partial charge on any atom is 0.338 e. The molecule has 130 valence electrons. The summed E-state index contributed by atoms with van der Waals surface area (Å²) in [5, 5.41) is 8.22. The smallest absolute Gasteiger partial charge is 0.338 e. The van der Waals surface area contributed by atoms with Gasteiger partial charge in [0.2, 0.25) is 5.37 Å². The Bertz CT molecular complexity index is 1030. The molecule has 0 unspecified atom stereocenters. The van der Waals surface area contributed by atoms with Crippen LogP contribution in [-0.4, -0.2) is 33.4 Å². The molecule has 0 bridgehead atoms. The predicted molar refractivity (Wildman–Crippen MR) is 96.9 cm³/mol. The van der Waals surface area contributed by atoms with Crippen LogP contribution in [0.15, 0.2) is 63.9 Å². The highest BCUT2D eigenvalue weighted by molar-refractivity contribution is 8.00. The SMILES string of the molecule is CCOC(=O)c1ccc(N=N[C@H]2Sc3nc4ccccc4n3C2=O)cc1. The predicted octanol–water partition coefficient (Wildman–Crippen LogP) is 4.07. The van der Waals surface area contributed by atoms with E-state index in [0.717, 1.165) is 11.0 Å². The molecule has 3 aromatic rings. The average Bonchev–Trinajstić information content (AvgIpc) is 3.17. The molecular weight excluding hydrogens is 352 g/mol. The van der Waals surface area contributed by atoms with Gasteiger partial charge in [0, 0.05) is 0 Å². The lowest BCUT2D eigenvalue weighted by molar-refractivity contribution is 0.0526. The van der Waals surface area contributed by atoms with Crippen LogP contribution in [0, 0.1) is 0 Å². The van der Waals surface area contributed by atoms with Crippen molar-refractivity contribution in [3.05, 3.63) is 54.1 Å². The van der Waals surface area contributed by atoms with Crippen molar-refractivity contribution in [2.75, 3.05) is 6.61 Å². The van der Waals surface area contributed by atoms with Crippen LogP contribution in [0.3, 0.4) is 0 Å². The molecule has 7 nitrogen and oxygen atoms in total. The highest BCUT2D eigenvalue weighted by Crippen LogP contribution is 2.36. The van der Waals surface area contributed by atoms with Crippen LogP contribution in [-0.2, 0) is 4.74 Å². The quantitative estimate of drug-likeness (QED) is 0.513. The van der Waals surface area contributed by atoms with E-state index in [-0.39, 0.29) is 11.9 Å². The highest BCUT2D eigenvalue weighted by atomic mass is 32.2. The number of azo groups is 1. The summed E-state index contributed by atoms with van der Waals surface area (Å²) in [6.45, 7) is 2.08. The molecule has 0 spiro atoms. The Morgan fingerprint density at radius 3 is 2.77 bits per heavy atom. The standard InChI is InChI=1S/C18H14N4O3S/c1-2-25-17(24)11-7-9-12(10-8-11)20-21-15-16(23)22-14-6-4-3-5-13(14)19-18(22)26-15/h3-10,15H,2H2,1H3/t15-/m0/s1. The van der Waals surface area contributed by atoms with Crippen molar-refractivity contribution in [3.8, 4) is 0 Å². The third-order valence-corrected chi connectivity index (χ3v) is 4.84. The largest absolute Gasteiger partial charge is 0.462 e. The molecule has 2 aromatic carbocycles. The zero-order chi connectivity index (χ0) is 18.1. The second-order valence-electron chi connectivity index (χ2n) is 5.51. The van der Waals surface area contributed by atoms with E-state index in [1.54, 1.807) is 35.8 Å². The molecule has 0 radical (unpaired) electrons. The molecule has 4 rings (SSSR count). The maximum absolute atomic E-state index is 12.6. The first-order chi connectivity index (χ1) is 12.7. The molecule has 1 aliphatic rings. The number of hydrogen-bond donors (Lipinski definition) is 0. The zero-order valence-corrected chi connectivity index (χ0v) is 14.6. The van der Waals surface area contributed by atoms with Gasteiger partial charge < -0.3 is 4.74 Å². The van der Waals surface area contributed by atoms with E-state index in [2.05, 4.69) is 15.2 Å². The summed E-state index contributed by atoms with van der Waals surface area (Å²) in [7, 11) is 0. The molecule has 0 saturated heterocycles. The van der Waals surface area contributed by atoms with Gasteiger partial charge in [-0.25, -0.2) is 9.78 Å². The fraction of sp³-hybridized carbons (Fsp3) is 0.167. The number of benzene rings is 2. The number of fused-ring (bicyclic) bond motifs is 3. The molecule has 0 saturated carbocycles.